The fourth-order valence-corrected chi connectivity index (χ4v) is 2.16. The number of hydrogen-bond acceptors (Lipinski definition) is 2. The molecule has 7 heteroatoms. The molecular weight excluding hydrogens is 307 g/mol. The Morgan fingerprint density at radius 1 is 1.10 bits per heavy atom. The Morgan fingerprint density at radius 3 is 2.65 bits per heavy atom. The van der Waals surface area contributed by atoms with Gasteiger partial charge in [-0.3, -0.25) is 0 Å². The van der Waals surface area contributed by atoms with E-state index in [1.165, 1.54) is 12.1 Å². The Balaban J connectivity index is 1.98. The Morgan fingerprint density at radius 2 is 1.90 bits per heavy atom. The number of halogens is 4. The molecule has 3 nitrogen and oxygen atoms in total. The lowest BCUT2D eigenvalue weighted by atomic mass is 10.1. The Kier molecular flexibility index (Phi) is 3.31. The van der Waals surface area contributed by atoms with Gasteiger partial charge < -0.3 is 4.98 Å². The molecule has 0 bridgehead atoms. The molecule has 0 fully saturated rings. The zero-order valence-corrected chi connectivity index (χ0v) is 11.4. The van der Waals surface area contributed by atoms with Crippen LogP contribution in [0.2, 0.25) is 10.2 Å². The van der Waals surface area contributed by atoms with Crippen molar-refractivity contribution in [2.75, 3.05) is 0 Å². The van der Waals surface area contributed by atoms with Crippen LogP contribution in [-0.4, -0.2) is 15.0 Å². The number of nitrogens with zero attached hydrogens (tertiary/aromatic N) is 2. The molecule has 102 valence electrons. The Labute approximate surface area is 122 Å². The van der Waals surface area contributed by atoms with Gasteiger partial charge in [0, 0.05) is 12.5 Å². The molecule has 0 amide bonds. The fraction of sp³-hybridized carbons (Fsp3) is 0.0769. The highest BCUT2D eigenvalue weighted by Crippen LogP contribution is 2.24. The quantitative estimate of drug-likeness (QED) is 0.723. The first-order chi connectivity index (χ1) is 9.52. The molecule has 1 N–H and O–H groups in total. The van der Waals surface area contributed by atoms with Crippen LogP contribution in [0.3, 0.4) is 0 Å². The smallest absolute Gasteiger partial charge is 0.179 e. The molecule has 2 heterocycles. The number of aromatic amines is 1. The van der Waals surface area contributed by atoms with Crippen molar-refractivity contribution in [1.82, 2.24) is 15.0 Å². The maximum atomic E-state index is 13.6. The predicted octanol–water partition coefficient (Wildman–Crippen LogP) is 4.13. The molecule has 0 saturated carbocycles. The van der Waals surface area contributed by atoms with E-state index < -0.39 is 11.6 Å². The topological polar surface area (TPSA) is 41.6 Å². The first-order valence-electron chi connectivity index (χ1n) is 5.67. The maximum absolute atomic E-state index is 13.6. The third-order valence-electron chi connectivity index (χ3n) is 2.81. The summed E-state index contributed by atoms with van der Waals surface area (Å²) in [4.78, 5) is 11.2. The van der Waals surface area contributed by atoms with Crippen molar-refractivity contribution in [3.05, 3.63) is 57.5 Å². The van der Waals surface area contributed by atoms with Gasteiger partial charge in [-0.2, -0.15) is 0 Å². The minimum atomic E-state index is -0.616. The number of pyridine rings is 1. The van der Waals surface area contributed by atoms with Crippen LogP contribution in [0.15, 0.2) is 24.3 Å². The third kappa shape index (κ3) is 2.46. The van der Waals surface area contributed by atoms with Crippen molar-refractivity contribution in [3.63, 3.8) is 0 Å². The van der Waals surface area contributed by atoms with E-state index in [1.54, 1.807) is 6.07 Å². The molecule has 1 aromatic carbocycles. The number of aromatic nitrogens is 3. The number of H-pyrrole nitrogens is 1. The van der Waals surface area contributed by atoms with E-state index in [2.05, 4.69) is 15.0 Å². The first kappa shape index (κ1) is 13.3. The molecule has 20 heavy (non-hydrogen) atoms. The Hall–Kier alpha value is -1.72. The van der Waals surface area contributed by atoms with E-state index in [9.17, 15) is 8.78 Å². The number of benzene rings is 1. The van der Waals surface area contributed by atoms with Crippen LogP contribution in [-0.2, 0) is 6.42 Å². The molecular formula is C13H7Cl2F2N3. The maximum Gasteiger partial charge on any atom is 0.179 e. The summed E-state index contributed by atoms with van der Waals surface area (Å²) in [6, 6.07) is 5.02. The van der Waals surface area contributed by atoms with Crippen LogP contribution in [0.5, 0.6) is 0 Å². The second-order valence-electron chi connectivity index (χ2n) is 4.23. The van der Waals surface area contributed by atoms with Gasteiger partial charge in [-0.25, -0.2) is 18.7 Å². The second kappa shape index (κ2) is 5.00. The summed E-state index contributed by atoms with van der Waals surface area (Å²) < 4.78 is 26.4. The zero-order chi connectivity index (χ0) is 14.3. The standard InChI is InChI=1S/C13H7Cl2F2N3/c14-8-5-10-13(20-12(8)15)19-11(18-10)3-6-1-2-7(16)4-9(6)17/h1-2,4-5H,3H2,(H,18,19,20). The highest BCUT2D eigenvalue weighted by atomic mass is 35.5. The average molecular weight is 314 g/mol. The first-order valence-corrected chi connectivity index (χ1v) is 6.43. The van der Waals surface area contributed by atoms with E-state index in [-0.39, 0.29) is 11.6 Å². The minimum absolute atomic E-state index is 0.158. The van der Waals surface area contributed by atoms with Crippen molar-refractivity contribution in [2.45, 2.75) is 6.42 Å². The molecule has 0 unspecified atom stereocenters. The van der Waals surface area contributed by atoms with Crippen LogP contribution < -0.4 is 0 Å². The van der Waals surface area contributed by atoms with E-state index in [0.717, 1.165) is 6.07 Å². The van der Waals surface area contributed by atoms with Crippen LogP contribution in [0.1, 0.15) is 11.4 Å². The van der Waals surface area contributed by atoms with Gasteiger partial charge in [0.25, 0.3) is 0 Å². The molecule has 0 aliphatic rings. The Bertz CT molecular complexity index is 763. The fourth-order valence-electron chi connectivity index (χ4n) is 1.88. The molecule has 0 saturated heterocycles. The van der Waals surface area contributed by atoms with Crippen molar-refractivity contribution in [1.29, 1.82) is 0 Å². The molecule has 2 aromatic heterocycles. The van der Waals surface area contributed by atoms with Gasteiger partial charge in [0.05, 0.1) is 10.5 Å². The SMILES string of the molecule is Fc1ccc(Cc2nc3nc(Cl)c(Cl)cc3[nH]2)c(F)c1. The van der Waals surface area contributed by atoms with Crippen molar-refractivity contribution >= 4 is 34.4 Å². The van der Waals surface area contributed by atoms with E-state index in [0.29, 0.717) is 27.6 Å². The van der Waals surface area contributed by atoms with E-state index in [4.69, 9.17) is 23.2 Å². The normalized spacial score (nSPS) is 11.2. The van der Waals surface area contributed by atoms with E-state index in [1.807, 2.05) is 0 Å². The largest absolute Gasteiger partial charge is 0.340 e. The highest BCUT2D eigenvalue weighted by molar-refractivity contribution is 6.41. The van der Waals surface area contributed by atoms with Gasteiger partial charge in [0.2, 0.25) is 0 Å². The van der Waals surface area contributed by atoms with Gasteiger partial charge in [-0.15, -0.1) is 0 Å². The lowest BCUT2D eigenvalue weighted by molar-refractivity contribution is 0.574. The van der Waals surface area contributed by atoms with E-state index >= 15 is 0 Å². The van der Waals surface area contributed by atoms with Crippen LogP contribution in [0.4, 0.5) is 8.78 Å². The number of rotatable bonds is 2. The monoisotopic (exact) mass is 313 g/mol. The van der Waals surface area contributed by atoms with Crippen molar-refractivity contribution < 1.29 is 8.78 Å². The van der Waals surface area contributed by atoms with Gasteiger partial charge >= 0.3 is 0 Å². The molecule has 3 aromatic rings. The number of imidazole rings is 1. The lowest BCUT2D eigenvalue weighted by Gasteiger charge is -2.00. The second-order valence-corrected chi connectivity index (χ2v) is 4.99. The molecule has 0 atom stereocenters. The van der Waals surface area contributed by atoms with Crippen LogP contribution in [0, 0.1) is 11.6 Å². The summed E-state index contributed by atoms with van der Waals surface area (Å²) in [5.41, 5.74) is 1.34. The van der Waals surface area contributed by atoms with Gasteiger partial charge in [-0.1, -0.05) is 29.3 Å². The number of hydrogen-bond donors (Lipinski definition) is 1. The summed E-state index contributed by atoms with van der Waals surface area (Å²) in [6.07, 6.45) is 0.192. The molecule has 0 radical (unpaired) electrons. The third-order valence-corrected chi connectivity index (χ3v) is 3.48. The predicted molar refractivity (Wildman–Crippen MR) is 73.1 cm³/mol. The molecule has 0 aliphatic heterocycles. The van der Waals surface area contributed by atoms with Gasteiger partial charge in [-0.05, 0) is 17.7 Å². The summed E-state index contributed by atoms with van der Waals surface area (Å²) in [5.74, 6) is -0.734. The lowest BCUT2D eigenvalue weighted by Crippen LogP contribution is -1.95. The zero-order valence-electron chi connectivity index (χ0n) is 9.92. The van der Waals surface area contributed by atoms with Crippen molar-refractivity contribution in [2.24, 2.45) is 0 Å². The summed E-state index contributed by atoms with van der Waals surface area (Å²) in [5, 5.41) is 0.465. The molecule has 0 spiro atoms. The van der Waals surface area contributed by atoms with Crippen molar-refractivity contribution in [3.8, 4) is 0 Å². The van der Waals surface area contributed by atoms with Crippen LogP contribution in [0.25, 0.3) is 11.2 Å². The summed E-state index contributed by atoms with van der Waals surface area (Å²) in [6.45, 7) is 0. The average Bonchev–Trinajstić information content (AvgIpc) is 2.75. The molecule has 0 aliphatic carbocycles. The minimum Gasteiger partial charge on any atom is -0.340 e. The van der Waals surface area contributed by atoms with Gasteiger partial charge in [0.15, 0.2) is 5.65 Å². The van der Waals surface area contributed by atoms with Crippen LogP contribution >= 0.6 is 23.2 Å². The van der Waals surface area contributed by atoms with Gasteiger partial charge in [0.1, 0.15) is 22.6 Å². The number of fused-ring (bicyclic) bond motifs is 1. The number of nitrogens with one attached hydrogen (secondary N) is 1. The summed E-state index contributed by atoms with van der Waals surface area (Å²) in [7, 11) is 0. The molecule has 3 rings (SSSR count). The summed E-state index contributed by atoms with van der Waals surface area (Å²) >= 11 is 11.7. The highest BCUT2D eigenvalue weighted by Gasteiger charge is 2.11.